The Bertz CT molecular complexity index is 1020. The van der Waals surface area contributed by atoms with Crippen LogP contribution in [0, 0.1) is 0 Å². The minimum absolute atomic E-state index is 1.88. The molecule has 0 aliphatic rings. The van der Waals surface area contributed by atoms with Gasteiger partial charge in [-0.05, 0) is 6.42 Å². The number of aromatic nitrogens is 1. The molecule has 0 saturated carbocycles. The standard InChI is InChI=1S/C11H6F18O3S.C5H5N/c12-3(1-2-4(13,14)15)5(16,17)6(18,19)7(20,21)8(22,23)9(24,25)10(26,27)11(28,29)33(30,31)32;1-2-4-6-5-3-1/h3H,1-2H2,(H,30,31,32);1-5H. The van der Waals surface area contributed by atoms with Gasteiger partial charge in [0.05, 0.1) is 0 Å². The number of hydrogen-bond acceptors (Lipinski definition) is 3. The van der Waals surface area contributed by atoms with Crippen molar-refractivity contribution in [3.63, 3.8) is 0 Å². The van der Waals surface area contributed by atoms with Gasteiger partial charge in [-0.15, -0.1) is 0 Å². The fourth-order valence-electron chi connectivity index (χ4n) is 2.15. The SMILES string of the molecule is O=S(=O)([O-])C(F)(F)C(F)(F)C(F)(F)C(F)(F)C(F)(F)C(F)(F)C(F)(F)C(F)CCC(F)(F)F.c1cc[nH+]cc1. The first-order valence-corrected chi connectivity index (χ1v) is 10.5. The molecule has 1 atom stereocenters. The maximum Gasteiger partial charge on any atom is 0.402 e. The van der Waals surface area contributed by atoms with E-state index >= 15 is 0 Å². The third-order valence-corrected chi connectivity index (χ3v) is 5.24. The van der Waals surface area contributed by atoms with Crippen molar-refractivity contribution in [2.24, 2.45) is 0 Å². The van der Waals surface area contributed by atoms with Crippen LogP contribution >= 0.6 is 0 Å². The van der Waals surface area contributed by atoms with Crippen LogP contribution in [0.2, 0.25) is 0 Å². The second-order valence-corrected chi connectivity index (χ2v) is 8.59. The lowest BCUT2D eigenvalue weighted by Crippen LogP contribution is -2.74. The zero-order valence-corrected chi connectivity index (χ0v) is 18.6. The average Bonchev–Trinajstić information content (AvgIpc) is 2.76. The fraction of sp³-hybridized carbons (Fsp3) is 0.688. The molecular weight excluding hydrogens is 628 g/mol. The number of aromatic amines is 1. The van der Waals surface area contributed by atoms with Gasteiger partial charge in [0.1, 0.15) is 0 Å². The van der Waals surface area contributed by atoms with Crippen molar-refractivity contribution in [3.8, 4) is 0 Å². The molecule has 1 aromatic heterocycles. The van der Waals surface area contributed by atoms with Crippen LogP contribution in [0.15, 0.2) is 30.6 Å². The zero-order chi connectivity index (χ0) is 31.7. The molecule has 0 spiro atoms. The molecule has 1 heterocycles. The number of rotatable bonds is 10. The molecule has 0 aromatic carbocycles. The lowest BCUT2D eigenvalue weighted by Gasteiger charge is -2.43. The first-order chi connectivity index (χ1) is 16.9. The predicted molar refractivity (Wildman–Crippen MR) is 87.5 cm³/mol. The summed E-state index contributed by atoms with van der Waals surface area (Å²) in [4.78, 5) is 2.89. The van der Waals surface area contributed by atoms with Crippen LogP contribution in [0.1, 0.15) is 12.8 Å². The van der Waals surface area contributed by atoms with Gasteiger partial charge in [0.25, 0.3) is 0 Å². The van der Waals surface area contributed by atoms with E-state index in [9.17, 15) is 92.0 Å². The summed E-state index contributed by atoms with van der Waals surface area (Å²) in [7, 11) is -8.14. The van der Waals surface area contributed by atoms with Crippen LogP contribution in [-0.4, -0.2) is 66.1 Å². The van der Waals surface area contributed by atoms with Crippen LogP contribution in [0.25, 0.3) is 0 Å². The van der Waals surface area contributed by atoms with Gasteiger partial charge in [-0.2, -0.15) is 74.6 Å². The molecule has 0 bridgehead atoms. The second-order valence-electron chi connectivity index (χ2n) is 7.16. The molecule has 0 saturated heterocycles. The molecule has 0 aliphatic carbocycles. The van der Waals surface area contributed by atoms with Gasteiger partial charge < -0.3 is 4.55 Å². The number of nitrogens with one attached hydrogen (secondary N) is 1. The summed E-state index contributed by atoms with van der Waals surface area (Å²) < 4.78 is 263. The van der Waals surface area contributed by atoms with E-state index in [0.717, 1.165) is 0 Å². The third kappa shape index (κ3) is 6.59. The van der Waals surface area contributed by atoms with Gasteiger partial charge in [-0.1, -0.05) is 6.07 Å². The summed E-state index contributed by atoms with van der Waals surface area (Å²) in [6, 6.07) is 5.86. The maximum atomic E-state index is 13.4. The highest BCUT2D eigenvalue weighted by Crippen LogP contribution is 2.63. The van der Waals surface area contributed by atoms with Crippen LogP contribution in [0.4, 0.5) is 79.0 Å². The number of hydrogen-bond donors (Lipinski definition) is 0. The Morgan fingerprint density at radius 1 is 0.615 bits per heavy atom. The monoisotopic (exact) mass is 639 g/mol. The van der Waals surface area contributed by atoms with Crippen molar-refractivity contribution in [1.82, 2.24) is 0 Å². The predicted octanol–water partition coefficient (Wildman–Crippen LogP) is 6.12. The van der Waals surface area contributed by atoms with Crippen LogP contribution < -0.4 is 4.98 Å². The number of alkyl halides is 18. The molecule has 0 amide bonds. The summed E-state index contributed by atoms with van der Waals surface area (Å²) in [5.41, 5.74) is 0. The zero-order valence-electron chi connectivity index (χ0n) is 17.8. The molecule has 0 radical (unpaired) electrons. The van der Waals surface area contributed by atoms with Crippen molar-refractivity contribution in [3.05, 3.63) is 30.6 Å². The second kappa shape index (κ2) is 11.0. The highest BCUT2D eigenvalue weighted by Gasteiger charge is 2.94. The molecule has 1 aromatic rings. The molecule has 4 nitrogen and oxygen atoms in total. The highest BCUT2D eigenvalue weighted by molar-refractivity contribution is 7.86. The topological polar surface area (TPSA) is 71.3 Å². The van der Waals surface area contributed by atoms with E-state index in [1.54, 1.807) is 0 Å². The van der Waals surface area contributed by atoms with E-state index in [0.29, 0.717) is 0 Å². The van der Waals surface area contributed by atoms with Gasteiger partial charge in [-0.25, -0.2) is 17.8 Å². The summed E-state index contributed by atoms with van der Waals surface area (Å²) >= 11 is 0. The molecule has 0 fully saturated rings. The normalized spacial score (nSPS) is 15.9. The first kappa shape index (κ1) is 36.8. The molecule has 39 heavy (non-hydrogen) atoms. The van der Waals surface area contributed by atoms with Gasteiger partial charge in [-0.3, -0.25) is 0 Å². The lowest BCUT2D eigenvalue weighted by atomic mass is 9.89. The largest absolute Gasteiger partial charge is 0.743 e. The number of halogens is 18. The quantitative estimate of drug-likeness (QED) is 0.229. The van der Waals surface area contributed by atoms with Crippen molar-refractivity contribution in [2.45, 2.75) is 66.0 Å². The van der Waals surface area contributed by atoms with Gasteiger partial charge >= 0.3 is 47.0 Å². The number of H-pyrrole nitrogens is 1. The summed E-state index contributed by atoms with van der Waals surface area (Å²) in [5, 5.41) is -7.93. The minimum atomic E-state index is -8.81. The van der Waals surface area contributed by atoms with E-state index in [4.69, 9.17) is 0 Å². The Morgan fingerprint density at radius 2 is 0.974 bits per heavy atom. The number of pyridine rings is 1. The Morgan fingerprint density at radius 3 is 1.26 bits per heavy atom. The van der Waals surface area contributed by atoms with Gasteiger partial charge in [0, 0.05) is 18.6 Å². The summed E-state index contributed by atoms with van der Waals surface area (Å²) in [5.74, 6) is -50.5. The third-order valence-electron chi connectivity index (χ3n) is 4.36. The Kier molecular flexibility index (Phi) is 10.4. The van der Waals surface area contributed by atoms with Gasteiger partial charge in [0.15, 0.2) is 28.7 Å². The molecular formula is C16H11F18NO3S. The maximum absolute atomic E-state index is 13.4. The van der Waals surface area contributed by atoms with Crippen molar-refractivity contribution < 1.29 is 97.0 Å². The lowest BCUT2D eigenvalue weighted by molar-refractivity contribution is -0.439. The highest BCUT2D eigenvalue weighted by atomic mass is 32.2. The minimum Gasteiger partial charge on any atom is -0.743 e. The summed E-state index contributed by atoms with van der Waals surface area (Å²) in [6.07, 6.45) is -12.8. The van der Waals surface area contributed by atoms with E-state index < -0.39 is 76.1 Å². The molecule has 23 heteroatoms. The van der Waals surface area contributed by atoms with E-state index in [2.05, 4.69) is 4.98 Å². The Balaban J connectivity index is 0.00000210. The van der Waals surface area contributed by atoms with E-state index in [1.165, 1.54) is 0 Å². The van der Waals surface area contributed by atoms with Crippen LogP contribution in [0.3, 0.4) is 0 Å². The fourth-order valence-corrected chi connectivity index (χ4v) is 2.59. The molecule has 230 valence electrons. The average molecular weight is 639 g/mol. The molecule has 1 unspecified atom stereocenters. The van der Waals surface area contributed by atoms with E-state index in [-0.39, 0.29) is 0 Å². The Hall–Kier alpha value is -2.20. The molecule has 0 aliphatic heterocycles. The molecule has 1 rings (SSSR count). The smallest absolute Gasteiger partial charge is 0.402 e. The van der Waals surface area contributed by atoms with Crippen LogP contribution in [-0.2, 0) is 10.1 Å². The van der Waals surface area contributed by atoms with E-state index in [1.807, 2.05) is 30.6 Å². The van der Waals surface area contributed by atoms with Crippen molar-refractivity contribution in [2.75, 3.05) is 0 Å². The van der Waals surface area contributed by atoms with Crippen molar-refractivity contribution in [1.29, 1.82) is 0 Å². The van der Waals surface area contributed by atoms with Gasteiger partial charge in [0.2, 0.25) is 0 Å². The van der Waals surface area contributed by atoms with Crippen LogP contribution in [0.5, 0.6) is 0 Å². The Labute approximate surface area is 204 Å². The van der Waals surface area contributed by atoms with Crippen molar-refractivity contribution >= 4 is 10.1 Å². The summed E-state index contributed by atoms with van der Waals surface area (Å²) in [6.45, 7) is 0. The first-order valence-electron chi connectivity index (χ1n) is 9.10. The molecule has 1 N–H and O–H groups in total.